The van der Waals surface area contributed by atoms with Gasteiger partial charge in [0.2, 0.25) is 11.7 Å². The Bertz CT molecular complexity index is 648. The van der Waals surface area contributed by atoms with Crippen LogP contribution in [-0.4, -0.2) is 17.0 Å². The number of nitrogens with one attached hydrogen (secondary N) is 1. The summed E-state index contributed by atoms with van der Waals surface area (Å²) in [5.41, 5.74) is 1.13. The van der Waals surface area contributed by atoms with Crippen molar-refractivity contribution in [3.8, 4) is 0 Å². The number of halogens is 1. The third kappa shape index (κ3) is 4.93. The summed E-state index contributed by atoms with van der Waals surface area (Å²) in [6.07, 6.45) is 1.93. The van der Waals surface area contributed by atoms with Gasteiger partial charge in [0, 0.05) is 11.4 Å². The highest BCUT2D eigenvalue weighted by Gasteiger charge is 2.09. The van der Waals surface area contributed by atoms with E-state index >= 15 is 0 Å². The highest BCUT2D eigenvalue weighted by Crippen LogP contribution is 2.12. The van der Waals surface area contributed by atoms with Crippen LogP contribution in [0.5, 0.6) is 0 Å². The number of amides is 1. The van der Waals surface area contributed by atoms with E-state index in [0.29, 0.717) is 17.2 Å². The molecule has 1 aromatic heterocycles. The first kappa shape index (κ1) is 16.1. The van der Waals surface area contributed by atoms with Gasteiger partial charge < -0.3 is 14.8 Å². The summed E-state index contributed by atoms with van der Waals surface area (Å²) in [7, 11) is 0. The first-order chi connectivity index (χ1) is 10.5. The van der Waals surface area contributed by atoms with E-state index < -0.39 is 5.97 Å². The smallest absolute Gasteiger partial charge is 0.371 e. The molecule has 2 rings (SSSR count). The van der Waals surface area contributed by atoms with Gasteiger partial charge in [-0.05, 0) is 42.7 Å². The minimum absolute atomic E-state index is 0.0951. The predicted octanol–water partition coefficient (Wildman–Crippen LogP) is 3.27. The van der Waals surface area contributed by atoms with Crippen LogP contribution in [0.4, 0.5) is 0 Å². The van der Waals surface area contributed by atoms with Crippen molar-refractivity contribution in [2.45, 2.75) is 25.8 Å². The minimum atomic E-state index is -1.12. The van der Waals surface area contributed by atoms with Gasteiger partial charge in [0.05, 0.1) is 6.54 Å². The molecule has 0 aliphatic carbocycles. The number of benzene rings is 1. The molecule has 0 aliphatic heterocycles. The van der Waals surface area contributed by atoms with E-state index in [1.807, 2.05) is 24.3 Å². The van der Waals surface area contributed by atoms with E-state index in [9.17, 15) is 9.59 Å². The second-order valence-electron chi connectivity index (χ2n) is 4.83. The van der Waals surface area contributed by atoms with E-state index in [4.69, 9.17) is 21.1 Å². The molecule has 116 valence electrons. The average molecular weight is 322 g/mol. The molecule has 0 saturated carbocycles. The van der Waals surface area contributed by atoms with Crippen molar-refractivity contribution in [3.63, 3.8) is 0 Å². The number of carbonyl (C=O) groups excluding carboxylic acids is 1. The second kappa shape index (κ2) is 7.66. The third-order valence-corrected chi connectivity index (χ3v) is 3.37. The van der Waals surface area contributed by atoms with Crippen molar-refractivity contribution in [3.05, 3.63) is 58.5 Å². The van der Waals surface area contributed by atoms with Crippen molar-refractivity contribution >= 4 is 23.5 Å². The number of hydrogen-bond acceptors (Lipinski definition) is 3. The highest BCUT2D eigenvalue weighted by atomic mass is 35.5. The molecule has 0 aliphatic rings. The zero-order valence-electron chi connectivity index (χ0n) is 11.8. The Morgan fingerprint density at radius 1 is 1.14 bits per heavy atom. The van der Waals surface area contributed by atoms with E-state index in [2.05, 4.69) is 5.32 Å². The van der Waals surface area contributed by atoms with Crippen LogP contribution in [0.3, 0.4) is 0 Å². The molecule has 0 atom stereocenters. The maximum absolute atomic E-state index is 11.7. The summed E-state index contributed by atoms with van der Waals surface area (Å²) >= 11 is 5.81. The summed E-state index contributed by atoms with van der Waals surface area (Å²) in [6.45, 7) is 0.188. The number of aryl methyl sites for hydroxylation is 1. The lowest BCUT2D eigenvalue weighted by atomic mass is 10.1. The van der Waals surface area contributed by atoms with E-state index in [1.165, 1.54) is 12.1 Å². The van der Waals surface area contributed by atoms with Crippen LogP contribution in [0.1, 0.15) is 34.7 Å². The molecule has 1 heterocycles. The summed E-state index contributed by atoms with van der Waals surface area (Å²) in [5, 5.41) is 12.1. The van der Waals surface area contributed by atoms with E-state index in [-0.39, 0.29) is 18.2 Å². The first-order valence-corrected chi connectivity index (χ1v) is 7.25. The van der Waals surface area contributed by atoms with Gasteiger partial charge in [0.15, 0.2) is 0 Å². The number of carboxylic acid groups (broad SMARTS) is 1. The van der Waals surface area contributed by atoms with Gasteiger partial charge in [0.1, 0.15) is 5.76 Å². The third-order valence-electron chi connectivity index (χ3n) is 3.11. The SMILES string of the molecule is O=C(CCCc1ccc(Cl)cc1)NCc1ccc(C(=O)O)o1. The number of carbonyl (C=O) groups is 2. The second-order valence-corrected chi connectivity index (χ2v) is 5.26. The van der Waals surface area contributed by atoms with Crippen LogP contribution in [0.2, 0.25) is 5.02 Å². The van der Waals surface area contributed by atoms with Gasteiger partial charge in [-0.15, -0.1) is 0 Å². The molecular formula is C16H16ClNO4. The fourth-order valence-electron chi connectivity index (χ4n) is 1.97. The van der Waals surface area contributed by atoms with Crippen molar-refractivity contribution in [2.75, 3.05) is 0 Å². The van der Waals surface area contributed by atoms with Crippen LogP contribution < -0.4 is 5.32 Å². The number of carboxylic acids is 1. The molecule has 2 N–H and O–H groups in total. The molecule has 5 nitrogen and oxygen atoms in total. The fourth-order valence-corrected chi connectivity index (χ4v) is 2.09. The molecule has 0 spiro atoms. The number of furan rings is 1. The van der Waals surface area contributed by atoms with Crippen molar-refractivity contribution in [1.29, 1.82) is 0 Å². The van der Waals surface area contributed by atoms with Crippen LogP contribution in [0.25, 0.3) is 0 Å². The first-order valence-electron chi connectivity index (χ1n) is 6.88. The van der Waals surface area contributed by atoms with Crippen LogP contribution in [-0.2, 0) is 17.8 Å². The number of rotatable bonds is 7. The summed E-state index contributed by atoms with van der Waals surface area (Å²) < 4.78 is 5.05. The lowest BCUT2D eigenvalue weighted by Gasteiger charge is -2.04. The fraction of sp³-hybridized carbons (Fsp3) is 0.250. The highest BCUT2D eigenvalue weighted by molar-refractivity contribution is 6.30. The van der Waals surface area contributed by atoms with Gasteiger partial charge in [-0.25, -0.2) is 4.79 Å². The van der Waals surface area contributed by atoms with E-state index in [0.717, 1.165) is 18.4 Å². The maximum Gasteiger partial charge on any atom is 0.371 e. The van der Waals surface area contributed by atoms with Gasteiger partial charge in [0.25, 0.3) is 0 Å². The van der Waals surface area contributed by atoms with Crippen molar-refractivity contribution in [2.24, 2.45) is 0 Å². The summed E-state index contributed by atoms with van der Waals surface area (Å²) in [5.74, 6) is -0.932. The molecule has 0 fully saturated rings. The quantitative estimate of drug-likeness (QED) is 0.820. The molecular weight excluding hydrogens is 306 g/mol. The Morgan fingerprint density at radius 3 is 2.50 bits per heavy atom. The molecule has 0 unspecified atom stereocenters. The van der Waals surface area contributed by atoms with Crippen LogP contribution in [0.15, 0.2) is 40.8 Å². The molecule has 22 heavy (non-hydrogen) atoms. The number of aromatic carboxylic acids is 1. The standard InChI is InChI=1S/C16H16ClNO4/c17-12-6-4-11(5-7-12)2-1-3-15(19)18-10-13-8-9-14(22-13)16(20)21/h4-9H,1-3,10H2,(H,18,19)(H,20,21). The molecule has 2 aromatic rings. The van der Waals surface area contributed by atoms with Crippen LogP contribution >= 0.6 is 11.6 Å². The Kier molecular flexibility index (Phi) is 5.61. The molecule has 1 amide bonds. The normalized spacial score (nSPS) is 10.4. The molecule has 0 bridgehead atoms. The largest absolute Gasteiger partial charge is 0.475 e. The molecule has 0 radical (unpaired) electrons. The van der Waals surface area contributed by atoms with Gasteiger partial charge in [-0.3, -0.25) is 4.79 Å². The monoisotopic (exact) mass is 321 g/mol. The average Bonchev–Trinajstić information content (AvgIpc) is 2.96. The Morgan fingerprint density at radius 2 is 1.86 bits per heavy atom. The summed E-state index contributed by atoms with van der Waals surface area (Å²) in [4.78, 5) is 22.4. The minimum Gasteiger partial charge on any atom is -0.475 e. The lowest BCUT2D eigenvalue weighted by molar-refractivity contribution is -0.121. The van der Waals surface area contributed by atoms with Crippen molar-refractivity contribution in [1.82, 2.24) is 5.32 Å². The Balaban J connectivity index is 1.69. The summed E-state index contributed by atoms with van der Waals surface area (Å²) in [6, 6.07) is 10.4. The van der Waals surface area contributed by atoms with E-state index in [1.54, 1.807) is 0 Å². The predicted molar refractivity (Wildman–Crippen MR) is 81.9 cm³/mol. The van der Waals surface area contributed by atoms with Crippen LogP contribution in [0, 0.1) is 0 Å². The lowest BCUT2D eigenvalue weighted by Crippen LogP contribution is -2.22. The molecule has 6 heteroatoms. The van der Waals surface area contributed by atoms with Gasteiger partial charge in [-0.1, -0.05) is 23.7 Å². The maximum atomic E-state index is 11.7. The topological polar surface area (TPSA) is 79.5 Å². The van der Waals surface area contributed by atoms with Gasteiger partial charge in [-0.2, -0.15) is 0 Å². The zero-order chi connectivity index (χ0) is 15.9. The molecule has 1 aromatic carbocycles. The Hall–Kier alpha value is -2.27. The Labute approximate surface area is 132 Å². The zero-order valence-corrected chi connectivity index (χ0v) is 12.6. The van der Waals surface area contributed by atoms with Gasteiger partial charge >= 0.3 is 5.97 Å². The molecule has 0 saturated heterocycles. The number of hydrogen-bond donors (Lipinski definition) is 2. The van der Waals surface area contributed by atoms with Crippen molar-refractivity contribution < 1.29 is 19.1 Å².